The van der Waals surface area contributed by atoms with E-state index in [1.54, 1.807) is 0 Å². The van der Waals surface area contributed by atoms with Gasteiger partial charge in [-0.1, -0.05) is 12.8 Å². The van der Waals surface area contributed by atoms with Gasteiger partial charge < -0.3 is 16.8 Å². The molecular weight excluding hydrogens is 298 g/mol. The smallest absolute Gasteiger partial charge is 0.261 e. The minimum atomic E-state index is -3.51. The number of amides is 1. The van der Waals surface area contributed by atoms with Gasteiger partial charge in [-0.05, 0) is 18.8 Å². The third-order valence-electron chi connectivity index (χ3n) is 3.52. The van der Waals surface area contributed by atoms with Crippen molar-refractivity contribution in [3.63, 3.8) is 0 Å². The highest BCUT2D eigenvalue weighted by Gasteiger charge is 2.26. The summed E-state index contributed by atoms with van der Waals surface area (Å²) in [5.41, 5.74) is 10.9. The Balaban J connectivity index is 2.30. The highest BCUT2D eigenvalue weighted by atomic mass is 32.2. The van der Waals surface area contributed by atoms with E-state index in [2.05, 4.69) is 5.32 Å². The molecule has 0 radical (unpaired) electrons. The highest BCUT2D eigenvalue weighted by molar-refractivity contribution is 7.91. The third kappa shape index (κ3) is 3.06. The lowest BCUT2D eigenvalue weighted by Gasteiger charge is -2.11. The summed E-state index contributed by atoms with van der Waals surface area (Å²) < 4.78 is 23.7. The van der Waals surface area contributed by atoms with Gasteiger partial charge in [0.15, 0.2) is 9.84 Å². The summed E-state index contributed by atoms with van der Waals surface area (Å²) in [5, 5.41) is 3.55. The molecule has 1 heterocycles. The summed E-state index contributed by atoms with van der Waals surface area (Å²) in [7, 11) is -3.51. The van der Waals surface area contributed by atoms with Crippen molar-refractivity contribution >= 4 is 37.8 Å². The lowest BCUT2D eigenvalue weighted by Crippen LogP contribution is -2.13. The van der Waals surface area contributed by atoms with Crippen LogP contribution in [-0.4, -0.2) is 27.1 Å². The summed E-state index contributed by atoms with van der Waals surface area (Å²) in [6.45, 7) is 0.695. The van der Waals surface area contributed by atoms with Gasteiger partial charge in [0.1, 0.15) is 14.8 Å². The van der Waals surface area contributed by atoms with Gasteiger partial charge in [0.25, 0.3) is 5.91 Å². The number of anilines is 2. The lowest BCUT2D eigenvalue weighted by atomic mass is 10.1. The van der Waals surface area contributed by atoms with E-state index in [1.165, 1.54) is 12.8 Å². The third-order valence-corrected chi connectivity index (χ3v) is 5.99. The van der Waals surface area contributed by atoms with E-state index in [9.17, 15) is 13.2 Å². The van der Waals surface area contributed by atoms with Gasteiger partial charge in [-0.15, -0.1) is 11.3 Å². The monoisotopic (exact) mass is 317 g/mol. The van der Waals surface area contributed by atoms with Crippen molar-refractivity contribution in [2.75, 3.05) is 23.9 Å². The van der Waals surface area contributed by atoms with E-state index in [-0.39, 0.29) is 15.5 Å². The number of nitrogens with two attached hydrogens (primary N) is 2. The Bertz CT molecular complexity index is 616. The molecule has 0 aliphatic heterocycles. The molecule has 8 heteroatoms. The normalized spacial score (nSPS) is 16.4. The first-order valence-corrected chi connectivity index (χ1v) is 9.17. The van der Waals surface area contributed by atoms with Gasteiger partial charge in [0, 0.05) is 12.8 Å². The van der Waals surface area contributed by atoms with Crippen molar-refractivity contribution in [3.05, 3.63) is 4.88 Å². The fourth-order valence-electron chi connectivity index (χ4n) is 2.55. The second kappa shape index (κ2) is 5.61. The Morgan fingerprint density at radius 1 is 1.40 bits per heavy atom. The molecule has 0 bridgehead atoms. The molecule has 2 rings (SSSR count). The molecule has 1 aliphatic rings. The number of primary amides is 1. The first kappa shape index (κ1) is 15.1. The molecule has 1 aromatic heterocycles. The first-order chi connectivity index (χ1) is 9.30. The van der Waals surface area contributed by atoms with Crippen LogP contribution in [0.25, 0.3) is 0 Å². The van der Waals surface area contributed by atoms with Crippen molar-refractivity contribution in [1.82, 2.24) is 0 Å². The summed E-state index contributed by atoms with van der Waals surface area (Å²) in [5.74, 6) is -0.158. The number of carbonyl (C=O) groups excluding carboxylic acids is 1. The maximum atomic E-state index is 11.8. The maximum Gasteiger partial charge on any atom is 0.261 e. The molecule has 0 atom stereocenters. The van der Waals surface area contributed by atoms with Crippen molar-refractivity contribution in [1.29, 1.82) is 0 Å². The Hall–Kier alpha value is -1.28. The Morgan fingerprint density at radius 2 is 2.00 bits per heavy atom. The molecule has 112 valence electrons. The molecule has 6 nitrogen and oxygen atoms in total. The Labute approximate surface area is 122 Å². The average Bonchev–Trinajstić information content (AvgIpc) is 2.92. The van der Waals surface area contributed by atoms with Crippen LogP contribution in [0.15, 0.2) is 4.90 Å². The lowest BCUT2D eigenvalue weighted by molar-refractivity contribution is 0.100. The fraction of sp³-hybridized carbons (Fsp3) is 0.583. The summed E-state index contributed by atoms with van der Waals surface area (Å²) in [6, 6.07) is 0. The number of hydrogen-bond donors (Lipinski definition) is 3. The fourth-order valence-corrected chi connectivity index (χ4v) is 4.98. The quantitative estimate of drug-likeness (QED) is 0.760. The molecule has 1 amide bonds. The average molecular weight is 317 g/mol. The van der Waals surface area contributed by atoms with Gasteiger partial charge in [0.05, 0.1) is 5.69 Å². The van der Waals surface area contributed by atoms with Crippen LogP contribution in [0.2, 0.25) is 0 Å². The van der Waals surface area contributed by atoms with Gasteiger partial charge in [-0.25, -0.2) is 8.42 Å². The van der Waals surface area contributed by atoms with Crippen LogP contribution >= 0.6 is 11.3 Å². The molecule has 0 spiro atoms. The Kier molecular flexibility index (Phi) is 4.24. The maximum absolute atomic E-state index is 11.8. The summed E-state index contributed by atoms with van der Waals surface area (Å²) >= 11 is 1.01. The van der Waals surface area contributed by atoms with Gasteiger partial charge in [0.2, 0.25) is 0 Å². The molecule has 1 aromatic rings. The number of nitrogens with one attached hydrogen (secondary N) is 1. The van der Waals surface area contributed by atoms with E-state index >= 15 is 0 Å². The topological polar surface area (TPSA) is 115 Å². The van der Waals surface area contributed by atoms with Crippen molar-refractivity contribution < 1.29 is 13.2 Å². The second-order valence-corrected chi connectivity index (χ2v) is 8.14. The number of nitrogen functional groups attached to an aromatic ring is 1. The van der Waals surface area contributed by atoms with Crippen LogP contribution in [0.5, 0.6) is 0 Å². The van der Waals surface area contributed by atoms with Crippen LogP contribution in [0.4, 0.5) is 10.7 Å². The van der Waals surface area contributed by atoms with Crippen LogP contribution in [-0.2, 0) is 9.84 Å². The van der Waals surface area contributed by atoms with Gasteiger partial charge >= 0.3 is 0 Å². The molecule has 5 N–H and O–H groups in total. The van der Waals surface area contributed by atoms with Crippen LogP contribution in [0, 0.1) is 5.92 Å². The number of carbonyl (C=O) groups is 1. The molecule has 0 saturated heterocycles. The molecular formula is C12H19N3O3S2. The number of sulfone groups is 1. The van der Waals surface area contributed by atoms with E-state index in [1.807, 2.05) is 0 Å². The number of hydrogen-bond acceptors (Lipinski definition) is 6. The zero-order valence-corrected chi connectivity index (χ0v) is 12.9. The van der Waals surface area contributed by atoms with E-state index in [4.69, 9.17) is 11.5 Å². The predicted molar refractivity (Wildman–Crippen MR) is 80.8 cm³/mol. The van der Waals surface area contributed by atoms with E-state index in [0.717, 1.165) is 30.4 Å². The first-order valence-electron chi connectivity index (χ1n) is 6.46. The number of rotatable bonds is 5. The van der Waals surface area contributed by atoms with Gasteiger partial charge in [-0.2, -0.15) is 0 Å². The van der Waals surface area contributed by atoms with Crippen molar-refractivity contribution in [2.45, 2.75) is 30.6 Å². The zero-order chi connectivity index (χ0) is 14.9. The molecule has 20 heavy (non-hydrogen) atoms. The van der Waals surface area contributed by atoms with Gasteiger partial charge in [-0.3, -0.25) is 4.79 Å². The molecule has 1 fully saturated rings. The minimum absolute atomic E-state index is 0.00528. The molecule has 1 saturated carbocycles. The SMILES string of the molecule is CS(=O)(=O)c1c(NCC2CCCC2)sc(C(N)=O)c1N. The van der Waals surface area contributed by atoms with Crippen molar-refractivity contribution in [2.24, 2.45) is 11.7 Å². The highest BCUT2D eigenvalue weighted by Crippen LogP contribution is 2.39. The van der Waals surface area contributed by atoms with Crippen molar-refractivity contribution in [3.8, 4) is 0 Å². The second-order valence-electron chi connectivity index (χ2n) is 5.17. The zero-order valence-electron chi connectivity index (χ0n) is 11.3. The molecule has 1 aliphatic carbocycles. The number of thiophene rings is 1. The Morgan fingerprint density at radius 3 is 2.50 bits per heavy atom. The summed E-state index contributed by atoms with van der Waals surface area (Å²) in [4.78, 5) is 11.4. The largest absolute Gasteiger partial charge is 0.396 e. The molecule has 0 aromatic carbocycles. The summed E-state index contributed by atoms with van der Waals surface area (Å²) in [6.07, 6.45) is 5.79. The molecule has 0 unspecified atom stereocenters. The van der Waals surface area contributed by atoms with Crippen LogP contribution in [0.1, 0.15) is 35.4 Å². The standard InChI is InChI=1S/C12H19N3O3S2/c1-20(17,18)10-8(13)9(11(14)16)19-12(10)15-6-7-4-2-3-5-7/h7,15H,2-6,13H2,1H3,(H2,14,16). The van der Waals surface area contributed by atoms with Crippen LogP contribution in [0.3, 0.4) is 0 Å². The van der Waals surface area contributed by atoms with E-state index < -0.39 is 15.7 Å². The predicted octanol–water partition coefficient (Wildman–Crippen LogP) is 1.43. The van der Waals surface area contributed by atoms with E-state index in [0.29, 0.717) is 17.5 Å². The van der Waals surface area contributed by atoms with Crippen LogP contribution < -0.4 is 16.8 Å². The minimum Gasteiger partial charge on any atom is -0.396 e.